The van der Waals surface area contributed by atoms with E-state index in [1.807, 2.05) is 37.3 Å². The number of carbonyl (C=O) groups excluding carboxylic acids is 1. The van der Waals surface area contributed by atoms with Gasteiger partial charge >= 0.3 is 5.97 Å². The fourth-order valence-electron chi connectivity index (χ4n) is 2.36. The lowest BCUT2D eigenvalue weighted by Crippen LogP contribution is -2.19. The minimum atomic E-state index is -0.448. The van der Waals surface area contributed by atoms with Crippen LogP contribution in [0.15, 0.2) is 30.3 Å². The highest BCUT2D eigenvalue weighted by atomic mass is 16.5. The van der Waals surface area contributed by atoms with Gasteiger partial charge in [-0.1, -0.05) is 30.3 Å². The van der Waals surface area contributed by atoms with Crippen LogP contribution < -0.4 is 0 Å². The first-order chi connectivity index (χ1) is 10.3. The summed E-state index contributed by atoms with van der Waals surface area (Å²) in [6, 6.07) is 9.89. The van der Waals surface area contributed by atoms with Gasteiger partial charge in [-0.05, 0) is 31.7 Å². The first-order valence-electron chi connectivity index (χ1n) is 7.40. The van der Waals surface area contributed by atoms with Crippen molar-refractivity contribution in [1.82, 2.24) is 15.2 Å². The molecule has 0 saturated heterocycles. The number of H-pyrrole nitrogens is 1. The normalized spacial score (nSPS) is 15.7. The van der Waals surface area contributed by atoms with Crippen molar-refractivity contribution in [1.29, 1.82) is 0 Å². The number of rotatable bonds is 6. The van der Waals surface area contributed by atoms with Crippen LogP contribution in [0.3, 0.4) is 0 Å². The molecule has 1 fully saturated rings. The molecule has 1 aliphatic rings. The van der Waals surface area contributed by atoms with E-state index in [0.717, 1.165) is 24.2 Å². The number of hydrogen-bond acceptors (Lipinski definition) is 4. The van der Waals surface area contributed by atoms with Crippen LogP contribution in [0.4, 0.5) is 0 Å². The molecule has 1 aromatic carbocycles. The predicted octanol–water partition coefficient (Wildman–Crippen LogP) is 2.57. The summed E-state index contributed by atoms with van der Waals surface area (Å²) in [5.41, 5.74) is 1.08. The zero-order valence-corrected chi connectivity index (χ0v) is 12.1. The number of nitrogens with one attached hydrogen (secondary N) is 1. The molecular weight excluding hydrogens is 266 g/mol. The Morgan fingerprint density at radius 2 is 2.14 bits per heavy atom. The summed E-state index contributed by atoms with van der Waals surface area (Å²) >= 11 is 0. The number of hydrogen-bond donors (Lipinski definition) is 1. The maximum absolute atomic E-state index is 12.2. The maximum atomic E-state index is 12.2. The second-order valence-corrected chi connectivity index (χ2v) is 5.35. The van der Waals surface area contributed by atoms with Crippen LogP contribution in [0.5, 0.6) is 0 Å². The molecule has 0 spiro atoms. The molecule has 3 rings (SSSR count). The van der Waals surface area contributed by atoms with Crippen molar-refractivity contribution >= 4 is 5.97 Å². The smallest absolute Gasteiger partial charge is 0.317 e. The van der Waals surface area contributed by atoms with Crippen molar-refractivity contribution in [2.45, 2.75) is 38.0 Å². The van der Waals surface area contributed by atoms with Crippen molar-refractivity contribution in [3.05, 3.63) is 47.5 Å². The molecule has 2 aromatic rings. The second-order valence-electron chi connectivity index (χ2n) is 5.35. The van der Waals surface area contributed by atoms with Gasteiger partial charge in [0.25, 0.3) is 0 Å². The molecule has 0 radical (unpaired) electrons. The Hall–Kier alpha value is -2.17. The van der Waals surface area contributed by atoms with Gasteiger partial charge in [-0.15, -0.1) is 0 Å². The van der Waals surface area contributed by atoms with Gasteiger partial charge in [0.15, 0.2) is 5.82 Å². The summed E-state index contributed by atoms with van der Waals surface area (Å²) in [5, 5.41) is 7.20. The van der Waals surface area contributed by atoms with Crippen molar-refractivity contribution in [3.8, 4) is 0 Å². The average molecular weight is 285 g/mol. The third-order valence-corrected chi connectivity index (χ3v) is 3.65. The highest BCUT2D eigenvalue weighted by molar-refractivity contribution is 5.77. The molecule has 1 unspecified atom stereocenters. The number of aromatic amines is 1. The monoisotopic (exact) mass is 285 g/mol. The summed E-state index contributed by atoms with van der Waals surface area (Å²) in [6.07, 6.45) is 2.86. The Kier molecular flexibility index (Phi) is 3.99. The largest absolute Gasteiger partial charge is 0.465 e. The zero-order chi connectivity index (χ0) is 14.7. The van der Waals surface area contributed by atoms with Gasteiger partial charge in [0.05, 0.1) is 6.61 Å². The Morgan fingerprint density at radius 1 is 1.38 bits per heavy atom. The van der Waals surface area contributed by atoms with Gasteiger partial charge in [-0.2, -0.15) is 5.10 Å². The van der Waals surface area contributed by atoms with E-state index in [4.69, 9.17) is 4.74 Å². The topological polar surface area (TPSA) is 67.9 Å². The van der Waals surface area contributed by atoms with Crippen LogP contribution in [0.25, 0.3) is 0 Å². The fourth-order valence-corrected chi connectivity index (χ4v) is 2.36. The fraction of sp³-hybridized carbons (Fsp3) is 0.438. The second kappa shape index (κ2) is 6.08. The van der Waals surface area contributed by atoms with Gasteiger partial charge < -0.3 is 4.74 Å². The number of nitrogens with zero attached hydrogens (tertiary/aromatic N) is 2. The first-order valence-corrected chi connectivity index (χ1v) is 7.40. The SMILES string of the molecule is CCOC(=O)C(Cc1ccccc1)c1n[nH]c(C2CC2)n1. The van der Waals surface area contributed by atoms with Gasteiger partial charge in [-0.3, -0.25) is 9.89 Å². The third-order valence-electron chi connectivity index (χ3n) is 3.65. The van der Waals surface area contributed by atoms with E-state index >= 15 is 0 Å². The molecule has 0 amide bonds. The number of aromatic nitrogens is 3. The third kappa shape index (κ3) is 3.29. The molecule has 5 heteroatoms. The highest BCUT2D eigenvalue weighted by Crippen LogP contribution is 2.38. The van der Waals surface area contributed by atoms with Crippen LogP contribution in [0.1, 0.15) is 48.8 Å². The number of ether oxygens (including phenoxy) is 1. The van der Waals surface area contributed by atoms with Crippen molar-refractivity contribution < 1.29 is 9.53 Å². The van der Waals surface area contributed by atoms with Gasteiger partial charge in [0.1, 0.15) is 11.7 Å². The Morgan fingerprint density at radius 3 is 2.81 bits per heavy atom. The molecule has 1 saturated carbocycles. The highest BCUT2D eigenvalue weighted by Gasteiger charge is 2.31. The van der Waals surface area contributed by atoms with Crippen molar-refractivity contribution in [3.63, 3.8) is 0 Å². The Labute approximate surface area is 123 Å². The standard InChI is InChI=1S/C16H19N3O2/c1-2-21-16(20)13(10-11-6-4-3-5-7-11)15-17-14(18-19-15)12-8-9-12/h3-7,12-13H,2,8-10H2,1H3,(H,17,18,19). The van der Waals surface area contributed by atoms with Crippen LogP contribution in [-0.4, -0.2) is 27.8 Å². The molecule has 1 aliphatic carbocycles. The molecule has 5 nitrogen and oxygen atoms in total. The van der Waals surface area contributed by atoms with Crippen LogP contribution in [0, 0.1) is 0 Å². The minimum Gasteiger partial charge on any atom is -0.465 e. The minimum absolute atomic E-state index is 0.261. The lowest BCUT2D eigenvalue weighted by Gasteiger charge is -2.12. The number of benzene rings is 1. The van der Waals surface area contributed by atoms with E-state index in [9.17, 15) is 4.79 Å². The number of carbonyl (C=O) groups is 1. The molecule has 1 heterocycles. The summed E-state index contributed by atoms with van der Waals surface area (Å²) in [4.78, 5) is 16.7. The molecule has 1 N–H and O–H groups in total. The first kappa shape index (κ1) is 13.8. The summed E-state index contributed by atoms with van der Waals surface area (Å²) < 4.78 is 5.18. The zero-order valence-electron chi connectivity index (χ0n) is 12.1. The van der Waals surface area contributed by atoms with Gasteiger partial charge in [0.2, 0.25) is 0 Å². The molecular formula is C16H19N3O2. The van der Waals surface area contributed by atoms with E-state index < -0.39 is 5.92 Å². The van der Waals surface area contributed by atoms with Gasteiger partial charge in [-0.25, -0.2) is 4.98 Å². The maximum Gasteiger partial charge on any atom is 0.317 e. The van der Waals surface area contributed by atoms with E-state index in [1.54, 1.807) is 0 Å². The number of esters is 1. The average Bonchev–Trinajstić information content (AvgIpc) is 3.24. The quantitative estimate of drug-likeness (QED) is 0.828. The molecule has 110 valence electrons. The predicted molar refractivity (Wildman–Crippen MR) is 77.9 cm³/mol. The van der Waals surface area contributed by atoms with E-state index in [1.165, 1.54) is 0 Å². The lowest BCUT2D eigenvalue weighted by atomic mass is 9.99. The molecule has 21 heavy (non-hydrogen) atoms. The summed E-state index contributed by atoms with van der Waals surface area (Å²) in [5.74, 6) is 1.22. The summed E-state index contributed by atoms with van der Waals surface area (Å²) in [6.45, 7) is 2.18. The van der Waals surface area contributed by atoms with E-state index in [0.29, 0.717) is 24.8 Å². The van der Waals surface area contributed by atoms with E-state index in [-0.39, 0.29) is 5.97 Å². The van der Waals surface area contributed by atoms with E-state index in [2.05, 4.69) is 15.2 Å². The molecule has 0 aliphatic heterocycles. The van der Waals surface area contributed by atoms with Crippen molar-refractivity contribution in [2.75, 3.05) is 6.61 Å². The Balaban J connectivity index is 1.81. The van der Waals surface area contributed by atoms with Crippen LogP contribution in [0.2, 0.25) is 0 Å². The molecule has 1 atom stereocenters. The lowest BCUT2D eigenvalue weighted by molar-refractivity contribution is -0.145. The Bertz CT molecular complexity index is 605. The van der Waals surface area contributed by atoms with Crippen molar-refractivity contribution in [2.24, 2.45) is 0 Å². The molecule has 1 aromatic heterocycles. The van der Waals surface area contributed by atoms with Gasteiger partial charge in [0, 0.05) is 5.92 Å². The summed E-state index contributed by atoms with van der Waals surface area (Å²) in [7, 11) is 0. The van der Waals surface area contributed by atoms with Crippen LogP contribution in [-0.2, 0) is 16.0 Å². The van der Waals surface area contributed by atoms with Crippen LogP contribution >= 0.6 is 0 Å². The molecule has 0 bridgehead atoms.